The fourth-order valence-electron chi connectivity index (χ4n) is 3.86. The number of hydrogen-bond donors (Lipinski definition) is 2. The molecule has 0 bridgehead atoms. The highest BCUT2D eigenvalue weighted by atomic mass is 35.5. The molecule has 0 radical (unpaired) electrons. The molecule has 0 unspecified atom stereocenters. The van der Waals surface area contributed by atoms with E-state index in [9.17, 15) is 31.5 Å². The Morgan fingerprint density at radius 2 is 1.86 bits per heavy atom. The van der Waals surface area contributed by atoms with Crippen molar-refractivity contribution >= 4 is 29.1 Å². The Morgan fingerprint density at radius 1 is 1.14 bits per heavy atom. The topological polar surface area (TPSA) is 91.2 Å². The average molecular weight is 536 g/mol. The van der Waals surface area contributed by atoms with Crippen LogP contribution in [-0.4, -0.2) is 17.9 Å². The Bertz CT molecular complexity index is 1470. The molecule has 0 aliphatic carbocycles. The smallest absolute Gasteiger partial charge is 0.416 e. The number of nitrogens with one attached hydrogen (secondary N) is 2. The Hall–Kier alpha value is -4.17. The maximum Gasteiger partial charge on any atom is 0.416 e. The summed E-state index contributed by atoms with van der Waals surface area (Å²) in [5.74, 6) is -3.72. The summed E-state index contributed by atoms with van der Waals surface area (Å²) in [6, 6.07) is 8.12. The predicted octanol–water partition coefficient (Wildman–Crippen LogP) is 6.01. The standard InChI is InChI=1S/C25H15ClF5N3O3/c1-11(10-32)37-16-8-18-21(22(34-24(18)36)17-7-14(27)2-3-19(17)26)20(9-16)33-23(35)12-4-13(25(29,30)31)6-15(28)5-12/h2-9,11,22H,1H3,(H,33,35)(H,34,36)/t11-,22-/m0/s1. The van der Waals surface area contributed by atoms with E-state index in [1.54, 1.807) is 0 Å². The highest BCUT2D eigenvalue weighted by Crippen LogP contribution is 2.42. The molecule has 3 aromatic rings. The first-order valence-electron chi connectivity index (χ1n) is 10.6. The second-order valence-corrected chi connectivity index (χ2v) is 8.48. The summed E-state index contributed by atoms with van der Waals surface area (Å²) in [6.07, 6.45) is -5.87. The van der Waals surface area contributed by atoms with Gasteiger partial charge in [-0.2, -0.15) is 18.4 Å². The monoisotopic (exact) mass is 535 g/mol. The van der Waals surface area contributed by atoms with Crippen LogP contribution in [0.25, 0.3) is 0 Å². The summed E-state index contributed by atoms with van der Waals surface area (Å²) >= 11 is 6.23. The van der Waals surface area contributed by atoms with Gasteiger partial charge in [0.1, 0.15) is 23.5 Å². The van der Waals surface area contributed by atoms with Gasteiger partial charge in [0.2, 0.25) is 0 Å². The molecule has 4 rings (SSSR count). The average Bonchev–Trinajstić information content (AvgIpc) is 3.16. The lowest BCUT2D eigenvalue weighted by atomic mass is 9.95. The molecule has 37 heavy (non-hydrogen) atoms. The minimum Gasteiger partial charge on any atom is -0.476 e. The lowest BCUT2D eigenvalue weighted by Crippen LogP contribution is -2.21. The number of carbonyl (C=O) groups is 2. The molecule has 0 saturated carbocycles. The van der Waals surface area contributed by atoms with Gasteiger partial charge in [0, 0.05) is 27.8 Å². The third-order valence-electron chi connectivity index (χ3n) is 5.46. The molecule has 2 N–H and O–H groups in total. The molecular weight excluding hydrogens is 521 g/mol. The maximum atomic E-state index is 14.0. The Balaban J connectivity index is 1.84. The van der Waals surface area contributed by atoms with Gasteiger partial charge in [0.05, 0.1) is 22.9 Å². The van der Waals surface area contributed by atoms with Gasteiger partial charge in [-0.25, -0.2) is 8.78 Å². The second-order valence-electron chi connectivity index (χ2n) is 8.07. The van der Waals surface area contributed by atoms with Crippen LogP contribution in [-0.2, 0) is 6.18 Å². The fourth-order valence-corrected chi connectivity index (χ4v) is 4.08. The van der Waals surface area contributed by atoms with Crippen molar-refractivity contribution in [1.29, 1.82) is 5.26 Å². The van der Waals surface area contributed by atoms with Crippen LogP contribution in [0.5, 0.6) is 5.75 Å². The molecule has 3 aromatic carbocycles. The number of fused-ring (bicyclic) bond motifs is 1. The van der Waals surface area contributed by atoms with E-state index in [-0.39, 0.29) is 39.2 Å². The number of anilines is 1. The van der Waals surface area contributed by atoms with Gasteiger partial charge in [0.15, 0.2) is 6.10 Å². The largest absolute Gasteiger partial charge is 0.476 e. The molecule has 1 heterocycles. The zero-order chi connectivity index (χ0) is 27.1. The Labute approximate surface area is 211 Å². The number of halogens is 6. The quantitative estimate of drug-likeness (QED) is 0.391. The van der Waals surface area contributed by atoms with Crippen LogP contribution >= 0.6 is 11.6 Å². The van der Waals surface area contributed by atoms with E-state index in [1.807, 2.05) is 6.07 Å². The van der Waals surface area contributed by atoms with Crippen LogP contribution in [0.15, 0.2) is 48.5 Å². The van der Waals surface area contributed by atoms with Crippen molar-refractivity contribution in [3.05, 3.63) is 93.0 Å². The van der Waals surface area contributed by atoms with Gasteiger partial charge in [-0.3, -0.25) is 9.59 Å². The molecule has 1 aliphatic rings. The van der Waals surface area contributed by atoms with E-state index in [2.05, 4.69) is 10.6 Å². The highest BCUT2D eigenvalue weighted by molar-refractivity contribution is 6.31. The fraction of sp³-hybridized carbons (Fsp3) is 0.160. The van der Waals surface area contributed by atoms with Gasteiger partial charge in [-0.1, -0.05) is 11.6 Å². The van der Waals surface area contributed by atoms with E-state index in [0.29, 0.717) is 12.1 Å². The van der Waals surface area contributed by atoms with Gasteiger partial charge in [-0.05, 0) is 49.4 Å². The summed E-state index contributed by atoms with van der Waals surface area (Å²) in [5.41, 5.74) is -1.87. The van der Waals surface area contributed by atoms with E-state index < -0.39 is 52.9 Å². The zero-order valence-electron chi connectivity index (χ0n) is 18.7. The van der Waals surface area contributed by atoms with Crippen LogP contribution in [0.4, 0.5) is 27.6 Å². The van der Waals surface area contributed by atoms with Crippen LogP contribution in [0.1, 0.15) is 50.4 Å². The van der Waals surface area contributed by atoms with Crippen molar-refractivity contribution in [2.24, 2.45) is 0 Å². The Morgan fingerprint density at radius 3 is 2.54 bits per heavy atom. The maximum absolute atomic E-state index is 14.0. The first-order valence-corrected chi connectivity index (χ1v) is 10.9. The molecule has 2 atom stereocenters. The first-order chi connectivity index (χ1) is 17.4. The van der Waals surface area contributed by atoms with Crippen LogP contribution < -0.4 is 15.4 Å². The van der Waals surface area contributed by atoms with Crippen molar-refractivity contribution in [1.82, 2.24) is 5.32 Å². The molecule has 0 spiro atoms. The highest BCUT2D eigenvalue weighted by Gasteiger charge is 2.36. The number of alkyl halides is 3. The molecule has 6 nitrogen and oxygen atoms in total. The Kier molecular flexibility index (Phi) is 6.80. The van der Waals surface area contributed by atoms with Crippen molar-refractivity contribution in [2.75, 3.05) is 5.32 Å². The van der Waals surface area contributed by atoms with Crippen molar-refractivity contribution < 1.29 is 36.3 Å². The lowest BCUT2D eigenvalue weighted by Gasteiger charge is -2.19. The molecule has 12 heteroatoms. The van der Waals surface area contributed by atoms with Crippen LogP contribution in [0, 0.1) is 23.0 Å². The number of benzene rings is 3. The van der Waals surface area contributed by atoms with Gasteiger partial charge >= 0.3 is 6.18 Å². The van der Waals surface area contributed by atoms with Crippen molar-refractivity contribution in [2.45, 2.75) is 25.2 Å². The van der Waals surface area contributed by atoms with Gasteiger partial charge in [-0.15, -0.1) is 0 Å². The molecule has 1 aliphatic heterocycles. The summed E-state index contributed by atoms with van der Waals surface area (Å²) in [6.45, 7) is 1.42. The molecule has 0 fully saturated rings. The molecule has 0 saturated heterocycles. The number of carbonyl (C=O) groups excluding carboxylic acids is 2. The van der Waals surface area contributed by atoms with Gasteiger partial charge < -0.3 is 15.4 Å². The minimum absolute atomic E-state index is 0.0144. The normalized spacial score (nSPS) is 15.4. The predicted molar refractivity (Wildman–Crippen MR) is 122 cm³/mol. The third-order valence-corrected chi connectivity index (χ3v) is 5.81. The number of ether oxygens (including phenoxy) is 1. The third kappa shape index (κ3) is 5.34. The van der Waals surface area contributed by atoms with E-state index >= 15 is 0 Å². The second kappa shape index (κ2) is 9.71. The van der Waals surface area contributed by atoms with Crippen LogP contribution in [0.2, 0.25) is 5.02 Å². The number of hydrogen-bond acceptors (Lipinski definition) is 4. The zero-order valence-corrected chi connectivity index (χ0v) is 19.5. The van der Waals surface area contributed by atoms with Gasteiger partial charge in [0.25, 0.3) is 11.8 Å². The summed E-state index contributed by atoms with van der Waals surface area (Å²) in [7, 11) is 0. The molecule has 2 amide bonds. The number of rotatable bonds is 5. The van der Waals surface area contributed by atoms with E-state index in [1.165, 1.54) is 25.1 Å². The molecular formula is C25H15ClF5N3O3. The molecule has 0 aromatic heterocycles. The summed E-state index contributed by atoms with van der Waals surface area (Å²) in [4.78, 5) is 25.8. The van der Waals surface area contributed by atoms with Crippen molar-refractivity contribution in [3.8, 4) is 11.8 Å². The lowest BCUT2D eigenvalue weighted by molar-refractivity contribution is -0.137. The number of nitrogens with zero attached hydrogens (tertiary/aromatic N) is 1. The van der Waals surface area contributed by atoms with Crippen molar-refractivity contribution in [3.63, 3.8) is 0 Å². The number of nitriles is 1. The van der Waals surface area contributed by atoms with E-state index in [4.69, 9.17) is 21.6 Å². The summed E-state index contributed by atoms with van der Waals surface area (Å²) in [5, 5.41) is 14.2. The first kappa shape index (κ1) is 25.9. The SMILES string of the molecule is C[C@@H](C#N)Oc1cc(NC(=O)c2cc(F)cc(C(F)(F)F)c2)c2c(c1)C(=O)N[C@H]2c1cc(F)ccc1Cl. The number of amides is 2. The van der Waals surface area contributed by atoms with Crippen LogP contribution in [0.3, 0.4) is 0 Å². The summed E-state index contributed by atoms with van der Waals surface area (Å²) < 4.78 is 72.8. The minimum atomic E-state index is -4.91. The van der Waals surface area contributed by atoms with E-state index in [0.717, 1.165) is 12.1 Å². The molecule has 190 valence electrons.